The smallest absolute Gasteiger partial charge is 0.408 e. The molecule has 0 bridgehead atoms. The van der Waals surface area contributed by atoms with Crippen molar-refractivity contribution in [3.8, 4) is 0 Å². The highest BCUT2D eigenvalue weighted by Crippen LogP contribution is 2.31. The molecule has 1 aliphatic rings. The Morgan fingerprint density at radius 1 is 1.12 bits per heavy atom. The van der Waals surface area contributed by atoms with E-state index < -0.39 is 15.8 Å². The van der Waals surface area contributed by atoms with Crippen LogP contribution in [0.4, 0.5) is 11.4 Å². The Morgan fingerprint density at radius 3 is 2.65 bits per heavy atom. The van der Waals surface area contributed by atoms with E-state index in [2.05, 4.69) is 14.6 Å². The van der Waals surface area contributed by atoms with Gasteiger partial charge in [0.1, 0.15) is 0 Å². The normalized spacial score (nSPS) is 14.9. The minimum Gasteiger partial charge on any atom is -0.408 e. The molecule has 1 saturated heterocycles. The van der Waals surface area contributed by atoms with Gasteiger partial charge < -0.3 is 9.32 Å². The lowest BCUT2D eigenvalue weighted by molar-refractivity contribution is 0.554. The van der Waals surface area contributed by atoms with Crippen molar-refractivity contribution in [3.05, 3.63) is 52.0 Å². The maximum Gasteiger partial charge on any atom is 0.417 e. The van der Waals surface area contributed by atoms with E-state index in [0.29, 0.717) is 16.2 Å². The molecule has 0 aliphatic carbocycles. The summed E-state index contributed by atoms with van der Waals surface area (Å²) < 4.78 is 32.9. The van der Waals surface area contributed by atoms with Gasteiger partial charge in [0.05, 0.1) is 21.1 Å². The molecule has 0 spiro atoms. The van der Waals surface area contributed by atoms with Gasteiger partial charge in [0, 0.05) is 24.8 Å². The molecular formula is C17H16ClN3O4S. The van der Waals surface area contributed by atoms with Gasteiger partial charge in [-0.15, -0.1) is 0 Å². The van der Waals surface area contributed by atoms with Gasteiger partial charge >= 0.3 is 5.76 Å². The Morgan fingerprint density at radius 2 is 1.88 bits per heavy atom. The molecule has 1 aromatic heterocycles. The Kier molecular flexibility index (Phi) is 4.16. The van der Waals surface area contributed by atoms with E-state index in [1.807, 2.05) is 6.07 Å². The van der Waals surface area contributed by atoms with Gasteiger partial charge in [0.15, 0.2) is 5.58 Å². The van der Waals surface area contributed by atoms with Crippen LogP contribution < -0.4 is 15.4 Å². The van der Waals surface area contributed by atoms with Crippen LogP contribution in [-0.4, -0.2) is 26.5 Å². The molecular weight excluding hydrogens is 378 g/mol. The van der Waals surface area contributed by atoms with Gasteiger partial charge in [-0.2, -0.15) is 0 Å². The summed E-state index contributed by atoms with van der Waals surface area (Å²) in [6.45, 7) is 1.88. The summed E-state index contributed by atoms with van der Waals surface area (Å²) in [5, 5.41) is 0.311. The van der Waals surface area contributed by atoms with Crippen molar-refractivity contribution in [3.63, 3.8) is 0 Å². The first-order valence-corrected chi connectivity index (χ1v) is 9.99. The van der Waals surface area contributed by atoms with Crippen LogP contribution in [0.25, 0.3) is 11.1 Å². The van der Waals surface area contributed by atoms with Crippen molar-refractivity contribution in [1.82, 2.24) is 4.98 Å². The van der Waals surface area contributed by atoms with E-state index in [9.17, 15) is 13.2 Å². The number of benzene rings is 2. The molecule has 26 heavy (non-hydrogen) atoms. The molecule has 0 unspecified atom stereocenters. The molecule has 136 valence electrons. The molecule has 1 aliphatic heterocycles. The fourth-order valence-corrected chi connectivity index (χ4v) is 4.37. The number of halogens is 1. The zero-order chi connectivity index (χ0) is 18.3. The molecule has 4 rings (SSSR count). The summed E-state index contributed by atoms with van der Waals surface area (Å²) in [7, 11) is -3.89. The van der Waals surface area contributed by atoms with Gasteiger partial charge in [0.25, 0.3) is 10.0 Å². The van der Waals surface area contributed by atoms with Gasteiger partial charge in [-0.1, -0.05) is 11.6 Å². The first-order chi connectivity index (χ1) is 12.4. The van der Waals surface area contributed by atoms with Crippen molar-refractivity contribution < 1.29 is 12.8 Å². The van der Waals surface area contributed by atoms with Crippen LogP contribution in [0, 0.1) is 0 Å². The second-order valence-electron chi connectivity index (χ2n) is 6.14. The zero-order valence-corrected chi connectivity index (χ0v) is 15.2. The Labute approximate surface area is 154 Å². The number of nitrogens with zero attached hydrogens (tertiary/aromatic N) is 1. The van der Waals surface area contributed by atoms with Gasteiger partial charge in [0.2, 0.25) is 0 Å². The molecule has 1 fully saturated rings. The molecule has 2 aromatic carbocycles. The minimum atomic E-state index is -3.89. The van der Waals surface area contributed by atoms with Crippen LogP contribution in [0.3, 0.4) is 0 Å². The first-order valence-electron chi connectivity index (χ1n) is 8.13. The quantitative estimate of drug-likeness (QED) is 0.709. The SMILES string of the molecule is O=c1[nH]c2ccc(S(=O)(=O)Nc3cc(N4CCCC4)ccc3Cl)cc2o1. The van der Waals surface area contributed by atoms with Crippen LogP contribution in [0.15, 0.2) is 50.5 Å². The lowest BCUT2D eigenvalue weighted by Gasteiger charge is -2.19. The first kappa shape index (κ1) is 17.0. The summed E-state index contributed by atoms with van der Waals surface area (Å²) in [4.78, 5) is 15.9. The predicted molar refractivity (Wildman–Crippen MR) is 101 cm³/mol. The number of sulfonamides is 1. The fraction of sp³-hybridized carbons (Fsp3) is 0.235. The van der Waals surface area contributed by atoms with Crippen LogP contribution in [0.1, 0.15) is 12.8 Å². The van der Waals surface area contributed by atoms with E-state index in [-0.39, 0.29) is 10.5 Å². The topological polar surface area (TPSA) is 95.4 Å². The molecule has 0 radical (unpaired) electrons. The zero-order valence-electron chi connectivity index (χ0n) is 13.7. The van der Waals surface area contributed by atoms with Crippen LogP contribution in [0.5, 0.6) is 0 Å². The number of aromatic amines is 1. The third-order valence-electron chi connectivity index (χ3n) is 4.37. The number of fused-ring (bicyclic) bond motifs is 1. The highest BCUT2D eigenvalue weighted by atomic mass is 35.5. The standard InChI is InChI=1S/C17H16ClN3O4S/c18-13-5-3-11(21-7-1-2-8-21)9-15(13)20-26(23,24)12-4-6-14-16(10-12)25-17(22)19-14/h3-6,9-10,20H,1-2,7-8H2,(H,19,22). The second kappa shape index (κ2) is 6.37. The highest BCUT2D eigenvalue weighted by Gasteiger charge is 2.19. The van der Waals surface area contributed by atoms with Crippen molar-refractivity contribution in [1.29, 1.82) is 0 Å². The number of H-pyrrole nitrogens is 1. The number of oxazole rings is 1. The number of anilines is 2. The van der Waals surface area contributed by atoms with Crippen LogP contribution >= 0.6 is 11.6 Å². The summed E-state index contributed by atoms with van der Waals surface area (Å²) in [6.07, 6.45) is 2.23. The number of hydrogen-bond donors (Lipinski definition) is 2. The van der Waals surface area contributed by atoms with Crippen molar-refractivity contribution in [2.45, 2.75) is 17.7 Å². The van der Waals surface area contributed by atoms with Crippen molar-refractivity contribution in [2.24, 2.45) is 0 Å². The summed E-state index contributed by atoms with van der Waals surface area (Å²) >= 11 is 6.18. The molecule has 9 heteroatoms. The van der Waals surface area contributed by atoms with Crippen LogP contribution in [0.2, 0.25) is 5.02 Å². The summed E-state index contributed by atoms with van der Waals surface area (Å²) in [5.41, 5.74) is 1.85. The molecule has 2 N–H and O–H groups in total. The minimum absolute atomic E-state index is 0.0182. The largest absolute Gasteiger partial charge is 0.417 e. The average molecular weight is 394 g/mol. The number of nitrogens with one attached hydrogen (secondary N) is 2. The molecule has 2 heterocycles. The summed E-state index contributed by atoms with van der Waals surface area (Å²) in [6, 6.07) is 9.48. The van der Waals surface area contributed by atoms with Gasteiger partial charge in [-0.05, 0) is 43.2 Å². The fourth-order valence-electron chi connectivity index (χ4n) is 3.06. The van der Waals surface area contributed by atoms with Gasteiger partial charge in [-0.3, -0.25) is 9.71 Å². The molecule has 0 amide bonds. The van der Waals surface area contributed by atoms with Crippen molar-refractivity contribution in [2.75, 3.05) is 22.7 Å². The lowest BCUT2D eigenvalue weighted by Crippen LogP contribution is -2.18. The van der Waals surface area contributed by atoms with E-state index in [4.69, 9.17) is 16.0 Å². The monoisotopic (exact) mass is 393 g/mol. The molecule has 0 saturated carbocycles. The average Bonchev–Trinajstić information content (AvgIpc) is 3.24. The van der Waals surface area contributed by atoms with E-state index in [1.54, 1.807) is 12.1 Å². The van der Waals surface area contributed by atoms with Gasteiger partial charge in [-0.25, -0.2) is 13.2 Å². The maximum absolute atomic E-state index is 12.7. The molecule has 7 nitrogen and oxygen atoms in total. The second-order valence-corrected chi connectivity index (χ2v) is 8.23. The highest BCUT2D eigenvalue weighted by molar-refractivity contribution is 7.92. The van der Waals surface area contributed by atoms with Crippen LogP contribution in [-0.2, 0) is 10.0 Å². The predicted octanol–water partition coefficient (Wildman–Crippen LogP) is 3.18. The van der Waals surface area contributed by atoms with E-state index in [0.717, 1.165) is 31.6 Å². The van der Waals surface area contributed by atoms with Crippen molar-refractivity contribution >= 4 is 44.1 Å². The maximum atomic E-state index is 12.7. The Hall–Kier alpha value is -2.45. The number of rotatable bonds is 4. The Balaban J connectivity index is 1.68. The number of aromatic nitrogens is 1. The Bertz CT molecular complexity index is 1130. The third kappa shape index (κ3) is 3.17. The number of hydrogen-bond acceptors (Lipinski definition) is 5. The molecule has 3 aromatic rings. The third-order valence-corrected chi connectivity index (χ3v) is 6.06. The van der Waals surface area contributed by atoms with E-state index >= 15 is 0 Å². The summed E-state index contributed by atoms with van der Waals surface area (Å²) in [5.74, 6) is -0.635. The van der Waals surface area contributed by atoms with E-state index in [1.165, 1.54) is 18.2 Å². The molecule has 0 atom stereocenters. The lowest BCUT2D eigenvalue weighted by atomic mass is 10.2.